The van der Waals surface area contributed by atoms with Crippen molar-refractivity contribution in [2.45, 2.75) is 32.8 Å². The van der Waals surface area contributed by atoms with Gasteiger partial charge < -0.3 is 10.1 Å². The first-order valence-electron chi connectivity index (χ1n) is 5.80. The predicted molar refractivity (Wildman–Crippen MR) is 68.7 cm³/mol. The van der Waals surface area contributed by atoms with E-state index in [0.29, 0.717) is 6.54 Å². The summed E-state index contributed by atoms with van der Waals surface area (Å²) in [4.78, 5) is 11.3. The number of carbonyl (C=O) groups excluding carboxylic acids is 1. The third kappa shape index (κ3) is 6.61. The Bertz CT molecular complexity index is 341. The number of nitrogens with one attached hydrogen (secondary N) is 1. The van der Waals surface area contributed by atoms with Gasteiger partial charge in [0.05, 0.1) is 0 Å². The number of hydrogen-bond donors (Lipinski definition) is 1. The van der Waals surface area contributed by atoms with Crippen molar-refractivity contribution in [3.8, 4) is 0 Å². The molecule has 0 bridgehead atoms. The second kappa shape index (κ2) is 6.28. The maximum atomic E-state index is 11.3. The van der Waals surface area contributed by atoms with Crippen LogP contribution in [0.5, 0.6) is 0 Å². The van der Waals surface area contributed by atoms with Crippen LogP contribution in [0.1, 0.15) is 26.3 Å². The summed E-state index contributed by atoms with van der Waals surface area (Å²) in [6.07, 6.45) is 2.48. The molecule has 0 saturated carbocycles. The Kier molecular flexibility index (Phi) is 5.01. The van der Waals surface area contributed by atoms with E-state index in [2.05, 4.69) is 17.4 Å². The Hall–Kier alpha value is -1.51. The van der Waals surface area contributed by atoms with Crippen LogP contribution in [0.2, 0.25) is 0 Å². The molecule has 1 radical (unpaired) electrons. The summed E-state index contributed by atoms with van der Waals surface area (Å²) in [5.41, 5.74) is 0.794. The molecule has 93 valence electrons. The summed E-state index contributed by atoms with van der Waals surface area (Å²) < 4.78 is 5.12. The lowest BCUT2D eigenvalue weighted by Gasteiger charge is -2.19. The third-order valence-corrected chi connectivity index (χ3v) is 2.01. The molecule has 17 heavy (non-hydrogen) atoms. The largest absolute Gasteiger partial charge is 0.444 e. The zero-order valence-electron chi connectivity index (χ0n) is 10.7. The SMILES string of the molecule is CC(C)(C)OC(=O)NC[CH]Cc1ccccc1. The van der Waals surface area contributed by atoms with Crippen LogP contribution >= 0.6 is 0 Å². The lowest BCUT2D eigenvalue weighted by Crippen LogP contribution is -2.33. The van der Waals surface area contributed by atoms with E-state index in [1.54, 1.807) is 0 Å². The molecule has 1 amide bonds. The van der Waals surface area contributed by atoms with Crippen molar-refractivity contribution in [2.75, 3.05) is 6.54 Å². The van der Waals surface area contributed by atoms with Gasteiger partial charge in [-0.05, 0) is 39.2 Å². The highest BCUT2D eigenvalue weighted by Gasteiger charge is 2.15. The highest BCUT2D eigenvalue weighted by atomic mass is 16.6. The number of carbonyl (C=O) groups is 1. The van der Waals surface area contributed by atoms with Crippen LogP contribution < -0.4 is 5.32 Å². The molecule has 0 atom stereocenters. The van der Waals surface area contributed by atoms with Crippen LogP contribution in [0.3, 0.4) is 0 Å². The highest BCUT2D eigenvalue weighted by molar-refractivity contribution is 5.67. The van der Waals surface area contributed by atoms with Crippen LogP contribution in [0.15, 0.2) is 30.3 Å². The van der Waals surface area contributed by atoms with Crippen LogP contribution in [-0.2, 0) is 11.2 Å². The maximum absolute atomic E-state index is 11.3. The Morgan fingerprint density at radius 1 is 1.29 bits per heavy atom. The first kappa shape index (κ1) is 13.6. The van der Waals surface area contributed by atoms with E-state index in [4.69, 9.17) is 4.74 Å². The standard InChI is InChI=1S/C14H20NO2/c1-14(2,3)17-13(16)15-11-7-10-12-8-5-4-6-9-12/h4-9H,10-11H2,1-3H3,(H,15,16). The first-order valence-corrected chi connectivity index (χ1v) is 5.80. The van der Waals surface area contributed by atoms with Crippen LogP contribution in [-0.4, -0.2) is 18.2 Å². The Balaban J connectivity index is 2.14. The summed E-state index contributed by atoms with van der Waals surface area (Å²) in [5.74, 6) is 0. The molecule has 1 aromatic rings. The number of benzene rings is 1. The number of rotatable bonds is 4. The molecule has 1 rings (SSSR count). The molecule has 0 aliphatic carbocycles. The molecule has 0 aliphatic rings. The average Bonchev–Trinajstić information content (AvgIpc) is 2.23. The number of amides is 1. The highest BCUT2D eigenvalue weighted by Crippen LogP contribution is 2.06. The third-order valence-electron chi connectivity index (χ3n) is 2.01. The van der Waals surface area contributed by atoms with E-state index < -0.39 is 5.60 Å². The minimum absolute atomic E-state index is 0.373. The van der Waals surface area contributed by atoms with Crippen molar-refractivity contribution in [1.82, 2.24) is 5.32 Å². The smallest absolute Gasteiger partial charge is 0.407 e. The maximum Gasteiger partial charge on any atom is 0.407 e. The fourth-order valence-electron chi connectivity index (χ4n) is 1.32. The van der Waals surface area contributed by atoms with E-state index in [1.165, 1.54) is 5.56 Å². The van der Waals surface area contributed by atoms with Crippen LogP contribution in [0, 0.1) is 6.42 Å². The molecule has 1 aromatic carbocycles. The fourth-order valence-corrected chi connectivity index (χ4v) is 1.32. The van der Waals surface area contributed by atoms with Crippen LogP contribution in [0.25, 0.3) is 0 Å². The van der Waals surface area contributed by atoms with Gasteiger partial charge in [-0.15, -0.1) is 0 Å². The van der Waals surface area contributed by atoms with Crippen LogP contribution in [0.4, 0.5) is 4.79 Å². The van der Waals surface area contributed by atoms with Gasteiger partial charge >= 0.3 is 6.09 Å². The number of alkyl carbamates (subject to hydrolysis) is 1. The van der Waals surface area contributed by atoms with Gasteiger partial charge in [-0.2, -0.15) is 0 Å². The number of ether oxygens (including phenoxy) is 1. The Labute approximate surface area is 103 Å². The van der Waals surface area contributed by atoms with Gasteiger partial charge in [-0.3, -0.25) is 0 Å². The average molecular weight is 234 g/mol. The molecule has 0 spiro atoms. The lowest BCUT2D eigenvalue weighted by atomic mass is 10.1. The second-order valence-corrected chi connectivity index (χ2v) is 4.86. The van der Waals surface area contributed by atoms with Crippen molar-refractivity contribution in [2.24, 2.45) is 0 Å². The molecule has 0 heterocycles. The normalized spacial score (nSPS) is 11.0. The van der Waals surface area contributed by atoms with Crippen molar-refractivity contribution in [1.29, 1.82) is 0 Å². The molecule has 3 heteroatoms. The van der Waals surface area contributed by atoms with Gasteiger partial charge in [-0.1, -0.05) is 30.3 Å². The van der Waals surface area contributed by atoms with Crippen molar-refractivity contribution >= 4 is 6.09 Å². The number of hydrogen-bond acceptors (Lipinski definition) is 2. The molecule has 1 N–H and O–H groups in total. The van der Waals surface area contributed by atoms with E-state index in [-0.39, 0.29) is 6.09 Å². The van der Waals surface area contributed by atoms with Gasteiger partial charge in [0.25, 0.3) is 0 Å². The summed E-state index contributed by atoms with van der Waals surface area (Å²) in [7, 11) is 0. The molecule has 0 aliphatic heterocycles. The molecular weight excluding hydrogens is 214 g/mol. The molecule has 0 unspecified atom stereocenters. The fraction of sp³-hybridized carbons (Fsp3) is 0.429. The van der Waals surface area contributed by atoms with Gasteiger partial charge in [0, 0.05) is 6.54 Å². The molecule has 0 fully saturated rings. The van der Waals surface area contributed by atoms with Gasteiger partial charge in [0.15, 0.2) is 0 Å². The van der Waals surface area contributed by atoms with E-state index >= 15 is 0 Å². The molecule has 0 saturated heterocycles. The van der Waals surface area contributed by atoms with Crippen molar-refractivity contribution in [3.05, 3.63) is 42.3 Å². The minimum Gasteiger partial charge on any atom is -0.444 e. The topological polar surface area (TPSA) is 38.3 Å². The zero-order valence-corrected chi connectivity index (χ0v) is 10.7. The van der Waals surface area contributed by atoms with Gasteiger partial charge in [-0.25, -0.2) is 4.79 Å². The monoisotopic (exact) mass is 234 g/mol. The second-order valence-electron chi connectivity index (χ2n) is 4.86. The minimum atomic E-state index is -0.441. The Morgan fingerprint density at radius 2 is 1.94 bits per heavy atom. The van der Waals surface area contributed by atoms with E-state index in [1.807, 2.05) is 45.4 Å². The summed E-state index contributed by atoms with van der Waals surface area (Å²) >= 11 is 0. The summed E-state index contributed by atoms with van der Waals surface area (Å²) in [5, 5.41) is 2.69. The van der Waals surface area contributed by atoms with E-state index in [9.17, 15) is 4.79 Å². The molecular formula is C14H20NO2. The zero-order chi connectivity index (χ0) is 12.7. The first-order chi connectivity index (χ1) is 7.97. The summed E-state index contributed by atoms with van der Waals surface area (Å²) in [6.45, 7) is 6.06. The molecule has 3 nitrogen and oxygen atoms in total. The van der Waals surface area contributed by atoms with Gasteiger partial charge in [0.2, 0.25) is 0 Å². The quantitative estimate of drug-likeness (QED) is 0.813. The Morgan fingerprint density at radius 3 is 2.53 bits per heavy atom. The summed E-state index contributed by atoms with van der Waals surface area (Å²) in [6, 6.07) is 10.1. The van der Waals surface area contributed by atoms with Gasteiger partial charge in [0.1, 0.15) is 5.60 Å². The van der Waals surface area contributed by atoms with Crippen molar-refractivity contribution in [3.63, 3.8) is 0 Å². The molecule has 0 aromatic heterocycles. The predicted octanol–water partition coefficient (Wildman–Crippen LogP) is 2.96. The lowest BCUT2D eigenvalue weighted by molar-refractivity contribution is 0.0532. The van der Waals surface area contributed by atoms with Crippen molar-refractivity contribution < 1.29 is 9.53 Å². The van der Waals surface area contributed by atoms with E-state index in [0.717, 1.165) is 6.42 Å².